The molecule has 504 valence electrons. The molecule has 14 aromatic heterocycles. The van der Waals surface area contributed by atoms with E-state index in [0.29, 0.717) is 87.2 Å². The molecule has 14 heterocycles. The SMILES string of the molecule is O=c1c2ccc[nH]c2ccc2ccnc12.O=c1c2ccc[nH]c2ccc2ncnc12.O=c1c2cccnc2ccc2[nH]ccc12.O=c1c2cccnc2ccc2ccoc12.O=c1c2cccnc2ccc2ccsc12.O=c1c2cccnc2ccc2occc12.O=c1c2cccnc2ccc2sccc12. The van der Waals surface area contributed by atoms with E-state index >= 15 is 0 Å². The number of rotatable bonds is 0. The molecule has 0 aliphatic carbocycles. The zero-order chi connectivity index (χ0) is 71.8. The molecule has 0 spiro atoms. The third-order valence-electron chi connectivity index (χ3n) is 17.0. The molecule has 7 aromatic carbocycles. The van der Waals surface area contributed by atoms with Crippen LogP contribution in [0.3, 0.4) is 0 Å². The highest BCUT2D eigenvalue weighted by atomic mass is 32.1. The first-order valence-electron chi connectivity index (χ1n) is 32.5. The maximum Gasteiger partial charge on any atom is 0.230 e. The average Bonchev–Trinajstić information content (AvgIpc) is 1.73. The molecular weight excluding hydrogens is 1360 g/mol. The van der Waals surface area contributed by atoms with Crippen LogP contribution in [-0.4, -0.2) is 54.8 Å². The van der Waals surface area contributed by atoms with Crippen molar-refractivity contribution in [1.82, 2.24) is 54.8 Å². The Morgan fingerprint density at radius 3 is 1.39 bits per heavy atom. The summed E-state index contributed by atoms with van der Waals surface area (Å²) in [5, 5.41) is 13.2. The third-order valence-corrected chi connectivity index (χ3v) is 18.9. The van der Waals surface area contributed by atoms with E-state index < -0.39 is 0 Å². The molecule has 0 aliphatic rings. The van der Waals surface area contributed by atoms with E-state index in [2.05, 4.69) is 54.8 Å². The second kappa shape index (κ2) is 29.8. The molecule has 0 atom stereocenters. The van der Waals surface area contributed by atoms with E-state index in [9.17, 15) is 33.6 Å². The lowest BCUT2D eigenvalue weighted by molar-refractivity contribution is 0.613. The van der Waals surface area contributed by atoms with E-state index in [4.69, 9.17) is 8.83 Å². The molecule has 105 heavy (non-hydrogen) atoms. The number of imidazole rings is 1. The number of fused-ring (bicyclic) bond motifs is 14. The summed E-state index contributed by atoms with van der Waals surface area (Å²) < 4.78 is 12.2. The second-order valence-electron chi connectivity index (χ2n) is 23.3. The number of furan rings is 2. The second-order valence-corrected chi connectivity index (χ2v) is 25.1. The van der Waals surface area contributed by atoms with Crippen LogP contribution in [0.4, 0.5) is 0 Å². The Balaban J connectivity index is 0.0000000983. The molecule has 20 nitrogen and oxygen atoms in total. The molecule has 21 aromatic rings. The van der Waals surface area contributed by atoms with Gasteiger partial charge in [-0.05, 0) is 210 Å². The van der Waals surface area contributed by atoms with Gasteiger partial charge in [-0.3, -0.25) is 63.5 Å². The first-order chi connectivity index (χ1) is 51.5. The number of hydrogen-bond donors (Lipinski definition) is 3. The fourth-order valence-corrected chi connectivity index (χ4v) is 13.5. The van der Waals surface area contributed by atoms with Gasteiger partial charge in [0.05, 0.1) is 61.1 Å². The standard InChI is InChI=1S/2C12H8N2O.2C12H7NO2.2C12H7NOS.C11H7N3O/c15-12-9-2-1-6-13-10(9)4-3-8-5-7-14-11(8)12;15-12-8-2-1-6-13-10(8)3-4-11-9(12)5-7-14-11;14-11-9-2-1-6-13-10(9)4-3-8-5-7-15-12(8)11;14-12-8-2-1-6-13-10(8)3-4-11-9(12)5-7-15-11;14-11-9-2-1-6-13-10(9)4-3-8-5-7-15-12(8)11;14-12-8-2-1-6-13-10(8)3-4-11-9(12)5-7-15-11;15-11-7-2-1-5-12-8(7)3-4-9-10(11)14-6-13-9/h1-7,13H;1-7,14H;4*1-7H;1-6,12H. The van der Waals surface area contributed by atoms with Crippen LogP contribution in [-0.2, 0) is 0 Å². The van der Waals surface area contributed by atoms with Gasteiger partial charge in [-0.1, -0.05) is 12.1 Å². The summed E-state index contributed by atoms with van der Waals surface area (Å²) in [4.78, 5) is 126. The number of pyridine rings is 7. The minimum Gasteiger partial charge on any atom is -0.464 e. The van der Waals surface area contributed by atoms with Gasteiger partial charge >= 0.3 is 0 Å². The van der Waals surface area contributed by atoms with Crippen LogP contribution in [0.25, 0.3) is 151 Å². The maximum atomic E-state index is 12.1. The smallest absolute Gasteiger partial charge is 0.230 e. The van der Waals surface area contributed by atoms with Gasteiger partial charge in [0.2, 0.25) is 21.7 Å². The van der Waals surface area contributed by atoms with Gasteiger partial charge in [0, 0.05) is 131 Å². The average molecular weight is 1410 g/mol. The Kier molecular flexibility index (Phi) is 18.9. The normalized spacial score (nSPS) is 10.9. The molecule has 0 amide bonds. The van der Waals surface area contributed by atoms with Gasteiger partial charge in [0.15, 0.2) is 21.9 Å². The van der Waals surface area contributed by atoms with E-state index in [1.807, 2.05) is 120 Å². The number of hydrogen-bond acceptors (Lipinski definition) is 19. The molecule has 0 fully saturated rings. The summed E-state index contributed by atoms with van der Waals surface area (Å²) in [7, 11) is 0. The zero-order valence-electron chi connectivity index (χ0n) is 54.8. The minimum absolute atomic E-state index is 0.0214. The van der Waals surface area contributed by atoms with E-state index in [-0.39, 0.29) is 38.0 Å². The lowest BCUT2D eigenvalue weighted by atomic mass is 10.2. The third kappa shape index (κ3) is 13.8. The predicted octanol–water partition coefficient (Wildman–Crippen LogP) is 15.9. The largest absolute Gasteiger partial charge is 0.464 e. The predicted molar refractivity (Wildman–Crippen MR) is 420 cm³/mol. The van der Waals surface area contributed by atoms with Crippen LogP contribution in [0, 0.1) is 0 Å². The number of aromatic nitrogens is 11. The van der Waals surface area contributed by atoms with E-state index in [0.717, 1.165) is 64.0 Å². The number of thiophene rings is 2. The minimum atomic E-state index is -0.108. The van der Waals surface area contributed by atoms with Crippen molar-refractivity contribution in [3.05, 3.63) is 363 Å². The summed E-state index contributed by atoms with van der Waals surface area (Å²) in [6.45, 7) is 0. The first kappa shape index (κ1) is 66.5. The summed E-state index contributed by atoms with van der Waals surface area (Å²) in [5.74, 6) is 0. The van der Waals surface area contributed by atoms with Gasteiger partial charge in [-0.2, -0.15) is 0 Å². The van der Waals surface area contributed by atoms with Crippen molar-refractivity contribution >= 4 is 174 Å². The number of H-pyrrole nitrogens is 3. The Bertz CT molecular complexity index is 6140. The summed E-state index contributed by atoms with van der Waals surface area (Å²) in [6.07, 6.45) is 19.9. The van der Waals surface area contributed by atoms with Gasteiger partial charge in [0.25, 0.3) is 0 Å². The van der Waals surface area contributed by atoms with Crippen LogP contribution in [0.15, 0.2) is 334 Å². The molecular formula is C83H51N11O9S2. The lowest BCUT2D eigenvalue weighted by Crippen LogP contribution is -1.98. The molecule has 0 radical (unpaired) electrons. The Morgan fingerprint density at radius 1 is 0.276 bits per heavy atom. The van der Waals surface area contributed by atoms with Crippen molar-refractivity contribution in [2.24, 2.45) is 0 Å². The Labute approximate surface area is 597 Å². The highest BCUT2D eigenvalue weighted by molar-refractivity contribution is 7.17. The maximum absolute atomic E-state index is 12.1. The van der Waals surface area contributed by atoms with Crippen molar-refractivity contribution in [1.29, 1.82) is 0 Å². The highest BCUT2D eigenvalue weighted by Gasteiger charge is 2.10. The van der Waals surface area contributed by atoms with E-state index in [1.165, 1.54) is 30.2 Å². The van der Waals surface area contributed by atoms with Crippen molar-refractivity contribution < 1.29 is 8.83 Å². The van der Waals surface area contributed by atoms with Crippen molar-refractivity contribution in [2.75, 3.05) is 0 Å². The van der Waals surface area contributed by atoms with Crippen molar-refractivity contribution in [2.45, 2.75) is 0 Å². The first-order valence-corrected chi connectivity index (χ1v) is 34.2. The van der Waals surface area contributed by atoms with Gasteiger partial charge in [-0.25, -0.2) is 9.97 Å². The molecule has 0 bridgehead atoms. The molecule has 3 N–H and O–H groups in total. The number of aromatic amines is 3. The van der Waals surface area contributed by atoms with Crippen molar-refractivity contribution in [3.8, 4) is 0 Å². The van der Waals surface area contributed by atoms with Crippen LogP contribution in [0.1, 0.15) is 0 Å². The zero-order valence-corrected chi connectivity index (χ0v) is 56.4. The topological polar surface area (TPSA) is 296 Å². The number of nitrogens with one attached hydrogen (secondary N) is 3. The Morgan fingerprint density at radius 2 is 0.752 bits per heavy atom. The summed E-state index contributed by atoms with van der Waals surface area (Å²) >= 11 is 3.06. The highest BCUT2D eigenvalue weighted by Crippen LogP contribution is 2.22. The lowest BCUT2D eigenvalue weighted by Gasteiger charge is -1.89. The van der Waals surface area contributed by atoms with Crippen LogP contribution >= 0.6 is 22.7 Å². The molecule has 21 rings (SSSR count). The van der Waals surface area contributed by atoms with Crippen molar-refractivity contribution in [3.63, 3.8) is 0 Å². The van der Waals surface area contributed by atoms with Gasteiger partial charge in [0.1, 0.15) is 22.9 Å². The van der Waals surface area contributed by atoms with Crippen LogP contribution in [0.2, 0.25) is 0 Å². The Hall–Kier alpha value is -14.4. The van der Waals surface area contributed by atoms with Crippen LogP contribution in [0.5, 0.6) is 0 Å². The summed E-state index contributed by atoms with van der Waals surface area (Å²) in [5.41, 5.74) is 8.58. The number of nitrogens with zero attached hydrogens (tertiary/aromatic N) is 8. The van der Waals surface area contributed by atoms with Gasteiger partial charge < -0.3 is 23.8 Å². The van der Waals surface area contributed by atoms with Crippen LogP contribution < -0.4 is 38.0 Å². The summed E-state index contributed by atoms with van der Waals surface area (Å²) in [6, 6.07) is 62.1. The molecule has 0 unspecified atom stereocenters. The monoisotopic (exact) mass is 1410 g/mol. The van der Waals surface area contributed by atoms with Gasteiger partial charge in [-0.15, -0.1) is 22.7 Å². The molecule has 0 aliphatic heterocycles. The molecule has 0 saturated heterocycles. The fourth-order valence-electron chi connectivity index (χ4n) is 11.9. The molecule has 0 saturated carbocycles. The quantitative estimate of drug-likeness (QED) is 0.127. The van der Waals surface area contributed by atoms with E-state index in [1.54, 1.807) is 164 Å². The molecule has 22 heteroatoms. The fraction of sp³-hybridized carbons (Fsp3) is 0.